The average Bonchev–Trinajstić information content (AvgIpc) is 2.69. The van der Waals surface area contributed by atoms with E-state index in [1.807, 2.05) is 6.92 Å². The predicted molar refractivity (Wildman–Crippen MR) is 73.6 cm³/mol. The zero-order valence-electron chi connectivity index (χ0n) is 10.8. The monoisotopic (exact) mass is 346 g/mol. The number of hydrogen-bond acceptors (Lipinski definition) is 3. The standard InChI is InChI=1S/C12H15BrN2O5/c1-2-3-15-6-7(13)4-9(15)11(18)14-8(12(19)20)5-10(16)17/h4,6,8H,2-3,5H2,1H3,(H,14,18)(H,16,17)(H,19,20)/t8-/m0/s1. The molecule has 0 saturated heterocycles. The fourth-order valence-corrected chi connectivity index (χ4v) is 2.16. The van der Waals surface area contributed by atoms with Crippen molar-refractivity contribution in [2.45, 2.75) is 32.4 Å². The van der Waals surface area contributed by atoms with Crippen LogP contribution in [0.3, 0.4) is 0 Å². The second kappa shape index (κ2) is 7.09. The Morgan fingerprint density at radius 2 is 2.05 bits per heavy atom. The number of aromatic nitrogens is 1. The Morgan fingerprint density at radius 3 is 2.55 bits per heavy atom. The van der Waals surface area contributed by atoms with Gasteiger partial charge in [-0.1, -0.05) is 6.92 Å². The number of aliphatic carboxylic acids is 2. The summed E-state index contributed by atoms with van der Waals surface area (Å²) in [6.45, 7) is 2.55. The van der Waals surface area contributed by atoms with Crippen LogP contribution in [0.1, 0.15) is 30.3 Å². The van der Waals surface area contributed by atoms with E-state index < -0.39 is 30.3 Å². The Hall–Kier alpha value is -1.83. The molecule has 1 atom stereocenters. The van der Waals surface area contributed by atoms with Crippen molar-refractivity contribution in [2.75, 3.05) is 0 Å². The van der Waals surface area contributed by atoms with Gasteiger partial charge in [0.2, 0.25) is 0 Å². The average molecular weight is 347 g/mol. The maximum absolute atomic E-state index is 12.0. The normalized spacial score (nSPS) is 11.9. The highest BCUT2D eigenvalue weighted by molar-refractivity contribution is 9.10. The summed E-state index contributed by atoms with van der Waals surface area (Å²) in [5.74, 6) is -3.28. The van der Waals surface area contributed by atoms with Crippen molar-refractivity contribution in [1.82, 2.24) is 9.88 Å². The van der Waals surface area contributed by atoms with Crippen LogP contribution >= 0.6 is 15.9 Å². The van der Waals surface area contributed by atoms with E-state index in [0.29, 0.717) is 11.0 Å². The summed E-state index contributed by atoms with van der Waals surface area (Å²) < 4.78 is 2.38. The van der Waals surface area contributed by atoms with Gasteiger partial charge in [0.05, 0.1) is 6.42 Å². The van der Waals surface area contributed by atoms with Gasteiger partial charge in [-0.25, -0.2) is 4.79 Å². The fraction of sp³-hybridized carbons (Fsp3) is 0.417. The lowest BCUT2D eigenvalue weighted by atomic mass is 10.2. The number of nitrogens with zero attached hydrogens (tertiary/aromatic N) is 1. The van der Waals surface area contributed by atoms with Gasteiger partial charge >= 0.3 is 11.9 Å². The van der Waals surface area contributed by atoms with Crippen molar-refractivity contribution in [1.29, 1.82) is 0 Å². The molecule has 3 N–H and O–H groups in total. The fourth-order valence-electron chi connectivity index (χ4n) is 1.70. The minimum absolute atomic E-state index is 0.287. The van der Waals surface area contributed by atoms with Gasteiger partial charge in [0.25, 0.3) is 5.91 Å². The van der Waals surface area contributed by atoms with Gasteiger partial charge in [-0.15, -0.1) is 0 Å². The van der Waals surface area contributed by atoms with Crippen LogP contribution in [0, 0.1) is 0 Å². The van der Waals surface area contributed by atoms with Crippen molar-refractivity contribution in [3.05, 3.63) is 22.4 Å². The minimum Gasteiger partial charge on any atom is -0.481 e. The van der Waals surface area contributed by atoms with Gasteiger partial charge in [-0.05, 0) is 28.4 Å². The summed E-state index contributed by atoms with van der Waals surface area (Å²) in [6, 6.07) is 0.105. The maximum Gasteiger partial charge on any atom is 0.326 e. The van der Waals surface area contributed by atoms with Crippen LogP contribution in [0.5, 0.6) is 0 Å². The number of amides is 1. The van der Waals surface area contributed by atoms with Crippen LogP contribution in [-0.4, -0.2) is 38.7 Å². The summed E-state index contributed by atoms with van der Waals surface area (Å²) in [4.78, 5) is 33.5. The molecule has 1 amide bonds. The first kappa shape index (κ1) is 16.2. The Balaban J connectivity index is 2.88. The first-order valence-electron chi connectivity index (χ1n) is 5.96. The van der Waals surface area contributed by atoms with E-state index in [2.05, 4.69) is 21.2 Å². The maximum atomic E-state index is 12.0. The molecule has 0 fully saturated rings. The van der Waals surface area contributed by atoms with Gasteiger partial charge in [-0.3, -0.25) is 9.59 Å². The van der Waals surface area contributed by atoms with E-state index in [9.17, 15) is 14.4 Å². The van der Waals surface area contributed by atoms with Gasteiger partial charge in [0.1, 0.15) is 11.7 Å². The molecule has 0 aromatic carbocycles. The molecule has 1 heterocycles. The molecular formula is C12H15BrN2O5. The molecule has 0 aliphatic heterocycles. The summed E-state index contributed by atoms with van der Waals surface area (Å²) in [5.41, 5.74) is 0.287. The molecule has 0 bridgehead atoms. The van der Waals surface area contributed by atoms with Crippen LogP contribution in [0.25, 0.3) is 0 Å². The zero-order valence-corrected chi connectivity index (χ0v) is 12.4. The molecule has 0 aliphatic carbocycles. The van der Waals surface area contributed by atoms with Gasteiger partial charge < -0.3 is 20.1 Å². The summed E-state index contributed by atoms with van der Waals surface area (Å²) >= 11 is 3.25. The number of aryl methyl sites for hydroxylation is 1. The predicted octanol–water partition coefficient (Wildman–Crippen LogP) is 1.32. The third-order valence-electron chi connectivity index (χ3n) is 2.54. The highest BCUT2D eigenvalue weighted by Gasteiger charge is 2.24. The van der Waals surface area contributed by atoms with E-state index in [1.165, 1.54) is 0 Å². The Bertz CT molecular complexity index is 526. The molecule has 0 spiro atoms. The van der Waals surface area contributed by atoms with Gasteiger partial charge in [0.15, 0.2) is 0 Å². The third-order valence-corrected chi connectivity index (χ3v) is 2.98. The molecule has 1 aromatic heterocycles. The van der Waals surface area contributed by atoms with E-state index >= 15 is 0 Å². The number of carbonyl (C=O) groups excluding carboxylic acids is 1. The van der Waals surface area contributed by atoms with Crippen molar-refractivity contribution < 1.29 is 24.6 Å². The number of halogens is 1. The highest BCUT2D eigenvalue weighted by atomic mass is 79.9. The molecule has 7 nitrogen and oxygen atoms in total. The Kier molecular flexibility index (Phi) is 5.75. The Morgan fingerprint density at radius 1 is 1.40 bits per heavy atom. The number of hydrogen-bond donors (Lipinski definition) is 3. The number of carboxylic acids is 2. The molecule has 0 saturated carbocycles. The number of rotatable bonds is 7. The molecular weight excluding hydrogens is 332 g/mol. The summed E-state index contributed by atoms with van der Waals surface area (Å²) in [6.07, 6.45) is 1.85. The molecule has 0 aliphatic rings. The van der Waals surface area contributed by atoms with Crippen LogP contribution < -0.4 is 5.32 Å². The highest BCUT2D eigenvalue weighted by Crippen LogP contribution is 2.15. The van der Waals surface area contributed by atoms with E-state index in [1.54, 1.807) is 16.8 Å². The second-order valence-corrected chi connectivity index (χ2v) is 5.11. The quantitative estimate of drug-likeness (QED) is 0.689. The summed E-state index contributed by atoms with van der Waals surface area (Å²) in [7, 11) is 0. The van der Waals surface area contributed by atoms with E-state index in [0.717, 1.165) is 6.42 Å². The number of carbonyl (C=O) groups is 3. The largest absolute Gasteiger partial charge is 0.481 e. The summed E-state index contributed by atoms with van der Waals surface area (Å²) in [5, 5.41) is 19.7. The molecule has 0 unspecified atom stereocenters. The van der Waals surface area contributed by atoms with E-state index in [4.69, 9.17) is 10.2 Å². The molecule has 1 rings (SSSR count). The van der Waals surface area contributed by atoms with Crippen molar-refractivity contribution in [3.63, 3.8) is 0 Å². The smallest absolute Gasteiger partial charge is 0.326 e. The van der Waals surface area contributed by atoms with Gasteiger partial charge in [-0.2, -0.15) is 0 Å². The minimum atomic E-state index is -1.45. The molecule has 110 valence electrons. The van der Waals surface area contributed by atoms with Crippen LogP contribution in [0.15, 0.2) is 16.7 Å². The zero-order chi connectivity index (χ0) is 15.3. The lowest BCUT2D eigenvalue weighted by Crippen LogP contribution is -2.42. The van der Waals surface area contributed by atoms with Crippen LogP contribution in [0.2, 0.25) is 0 Å². The Labute approximate surface area is 123 Å². The van der Waals surface area contributed by atoms with Crippen molar-refractivity contribution in [3.8, 4) is 0 Å². The first-order chi connectivity index (χ1) is 9.35. The number of nitrogens with one attached hydrogen (secondary N) is 1. The SMILES string of the molecule is CCCn1cc(Br)cc1C(=O)N[C@@H](CC(=O)O)C(=O)O. The molecule has 8 heteroatoms. The van der Waals surface area contributed by atoms with E-state index in [-0.39, 0.29) is 5.69 Å². The van der Waals surface area contributed by atoms with Crippen molar-refractivity contribution >= 4 is 33.8 Å². The second-order valence-electron chi connectivity index (χ2n) is 4.20. The topological polar surface area (TPSA) is 109 Å². The third kappa shape index (κ3) is 4.37. The lowest BCUT2D eigenvalue weighted by molar-refractivity contribution is -0.145. The van der Waals surface area contributed by atoms with Crippen LogP contribution in [0.4, 0.5) is 0 Å². The molecule has 1 aromatic rings. The number of carboxylic acid groups (broad SMARTS) is 2. The van der Waals surface area contributed by atoms with Gasteiger partial charge in [0, 0.05) is 17.2 Å². The van der Waals surface area contributed by atoms with Crippen LogP contribution in [-0.2, 0) is 16.1 Å². The lowest BCUT2D eigenvalue weighted by Gasteiger charge is -2.13. The first-order valence-corrected chi connectivity index (χ1v) is 6.75. The molecule has 0 radical (unpaired) electrons. The molecule has 20 heavy (non-hydrogen) atoms. The van der Waals surface area contributed by atoms with Crippen molar-refractivity contribution in [2.24, 2.45) is 0 Å².